The molecule has 4 aromatic rings. The van der Waals surface area contributed by atoms with Crippen molar-refractivity contribution in [3.8, 4) is 0 Å². The monoisotopic (exact) mass is 688 g/mol. The van der Waals surface area contributed by atoms with Gasteiger partial charge in [0, 0.05) is 37.2 Å². The smallest absolute Gasteiger partial charge is 0.155 e. The number of para-hydroxylation sites is 1. The maximum Gasteiger partial charge on any atom is 0.155 e. The number of alkyl halides is 1. The molecule has 6 heteroatoms. The molecular weight excluding hydrogens is 658 g/mol. The molecule has 1 N–H and O–H groups in total. The Morgan fingerprint density at radius 1 is 1.13 bits per heavy atom. The number of halogens is 1. The van der Waals surface area contributed by atoms with Crippen molar-refractivity contribution >= 4 is 33.8 Å². The summed E-state index contributed by atoms with van der Waals surface area (Å²) >= 11 is 0. The average Bonchev–Trinajstić information content (AvgIpc) is 3.46. The van der Waals surface area contributed by atoms with Crippen LogP contribution < -0.4 is 0 Å². The Morgan fingerprint density at radius 2 is 1.92 bits per heavy atom. The summed E-state index contributed by atoms with van der Waals surface area (Å²) in [6, 6.07) is 20.2. The van der Waals surface area contributed by atoms with E-state index in [0.717, 1.165) is 50.6 Å². The number of furan rings is 1. The third kappa shape index (κ3) is 5.77. The number of nitrogens with zero attached hydrogens (tertiary/aromatic N) is 1. The molecule has 6 rings (SSSR count). The summed E-state index contributed by atoms with van der Waals surface area (Å²) in [5.74, 6) is 0.260. The van der Waals surface area contributed by atoms with Crippen molar-refractivity contribution in [2.45, 2.75) is 58.2 Å². The second kappa shape index (κ2) is 11.7. The molecule has 0 spiro atoms. The number of hydrogen-bond donors (Lipinski definition) is 1. The molecule has 1 radical (unpaired) electrons. The fourth-order valence-corrected chi connectivity index (χ4v) is 5.41. The number of aliphatic hydroxyl groups is 1. The van der Waals surface area contributed by atoms with Gasteiger partial charge in [0.15, 0.2) is 5.78 Å². The largest absolute Gasteiger partial charge is 0.682 e. The molecule has 1 aliphatic carbocycles. The van der Waals surface area contributed by atoms with E-state index in [4.69, 9.17) is 14.8 Å². The van der Waals surface area contributed by atoms with Crippen LogP contribution in [0.4, 0.5) is 4.39 Å². The second-order valence-electron chi connectivity index (χ2n) is 9.97. The SMILES string of the molecule is CC(=O)/C=C(/C)O.Cc1[c-]c(C2[N-]C=Cc3cc(C4CCC(F)C4)ccc32)c2oc3ccccc3c2c1.[Ir]. The van der Waals surface area contributed by atoms with Gasteiger partial charge in [-0.1, -0.05) is 66.4 Å². The third-order valence-electron chi connectivity index (χ3n) is 6.99. The van der Waals surface area contributed by atoms with E-state index < -0.39 is 6.17 Å². The zero-order valence-electron chi connectivity index (χ0n) is 21.6. The Kier molecular flexibility index (Phi) is 8.54. The summed E-state index contributed by atoms with van der Waals surface area (Å²) in [4.78, 5) is 10.0. The van der Waals surface area contributed by atoms with E-state index in [1.54, 1.807) is 0 Å². The van der Waals surface area contributed by atoms with Gasteiger partial charge in [0.1, 0.15) is 11.8 Å². The number of allylic oxidation sites excluding steroid dienone is 2. The molecule has 4 nitrogen and oxygen atoms in total. The number of fused-ring (bicyclic) bond motifs is 4. The van der Waals surface area contributed by atoms with Crippen LogP contribution in [-0.4, -0.2) is 17.1 Å². The third-order valence-corrected chi connectivity index (χ3v) is 6.99. The van der Waals surface area contributed by atoms with Gasteiger partial charge < -0.3 is 14.8 Å². The van der Waals surface area contributed by atoms with Crippen LogP contribution in [0.5, 0.6) is 0 Å². The maximum absolute atomic E-state index is 13.7. The molecule has 1 fully saturated rings. The van der Waals surface area contributed by atoms with E-state index >= 15 is 0 Å². The Bertz CT molecular complexity index is 1530. The summed E-state index contributed by atoms with van der Waals surface area (Å²) < 4.78 is 20.0. The van der Waals surface area contributed by atoms with E-state index in [9.17, 15) is 9.18 Å². The predicted octanol–water partition coefficient (Wildman–Crippen LogP) is 8.78. The van der Waals surface area contributed by atoms with E-state index in [2.05, 4.69) is 49.4 Å². The van der Waals surface area contributed by atoms with Gasteiger partial charge in [-0.15, -0.1) is 5.56 Å². The van der Waals surface area contributed by atoms with Crippen LogP contribution in [0, 0.1) is 13.0 Å². The van der Waals surface area contributed by atoms with E-state index in [1.165, 1.54) is 25.5 Å². The average molecular weight is 688 g/mol. The molecule has 3 atom stereocenters. The molecular formula is C32H30FIrNO3-2. The fraction of sp³-hybridized carbons (Fsp3) is 0.281. The van der Waals surface area contributed by atoms with E-state index in [-0.39, 0.29) is 37.7 Å². The number of hydrogen-bond acceptors (Lipinski definition) is 3. The minimum Gasteiger partial charge on any atom is -0.682 e. The summed E-state index contributed by atoms with van der Waals surface area (Å²) in [6.45, 7) is 4.92. The van der Waals surface area contributed by atoms with Gasteiger partial charge in [-0.25, -0.2) is 4.39 Å². The Balaban J connectivity index is 0.000000375. The van der Waals surface area contributed by atoms with Crippen molar-refractivity contribution < 1.29 is 38.8 Å². The first kappa shape index (κ1) is 27.8. The van der Waals surface area contributed by atoms with Gasteiger partial charge in [-0.2, -0.15) is 23.9 Å². The number of carbonyl (C=O) groups is 1. The summed E-state index contributed by atoms with van der Waals surface area (Å²) in [5, 5.41) is 15.4. The van der Waals surface area contributed by atoms with Gasteiger partial charge in [0.2, 0.25) is 0 Å². The van der Waals surface area contributed by atoms with Gasteiger partial charge in [0.25, 0.3) is 0 Å². The first-order valence-electron chi connectivity index (χ1n) is 12.7. The number of benzene rings is 3. The topological polar surface area (TPSA) is 64.5 Å². The van der Waals surface area contributed by atoms with Crippen LogP contribution in [0.25, 0.3) is 33.3 Å². The maximum atomic E-state index is 13.7. The van der Waals surface area contributed by atoms with Crippen molar-refractivity contribution in [2.75, 3.05) is 0 Å². The minimum atomic E-state index is -0.660. The molecule has 199 valence electrons. The standard InChI is InChI=1S/C27H22FNO.C5H8O2.Ir/c1-16-12-23-22-4-2-3-5-25(22)30-27(23)24(13-16)26-21-9-7-17(14-19(21)10-11-29-26)18-6-8-20(28)15-18;1-4(6)3-5(2)7;/h2-5,7,9-12,14,18,20,26H,6,8,15H2,1H3;3,6H,1-2H3;/q-2;;/b;4-3-;. The van der Waals surface area contributed by atoms with E-state index in [0.29, 0.717) is 18.8 Å². The predicted molar refractivity (Wildman–Crippen MR) is 147 cm³/mol. The van der Waals surface area contributed by atoms with Crippen LogP contribution in [0.1, 0.15) is 72.9 Å². The summed E-state index contributed by atoms with van der Waals surface area (Å²) in [6.07, 6.45) is 6.70. The number of rotatable bonds is 3. The summed E-state index contributed by atoms with van der Waals surface area (Å²) in [7, 11) is 0. The molecule has 1 aliphatic heterocycles. The molecule has 2 heterocycles. The Morgan fingerprint density at radius 3 is 2.61 bits per heavy atom. The number of aryl methyl sites for hydroxylation is 1. The Hall–Kier alpha value is -3.21. The molecule has 0 amide bonds. The molecule has 3 aromatic carbocycles. The van der Waals surface area contributed by atoms with Gasteiger partial charge in [0.05, 0.1) is 5.76 Å². The van der Waals surface area contributed by atoms with Crippen molar-refractivity contribution in [3.63, 3.8) is 0 Å². The van der Waals surface area contributed by atoms with Crippen molar-refractivity contribution in [2.24, 2.45) is 0 Å². The first-order chi connectivity index (χ1) is 17.8. The number of carbonyl (C=O) groups excluding carboxylic acids is 1. The molecule has 1 aromatic heterocycles. The molecule has 38 heavy (non-hydrogen) atoms. The number of aliphatic hydroxyl groups excluding tert-OH is 1. The Labute approximate surface area is 236 Å². The van der Waals surface area contributed by atoms with E-state index in [1.807, 2.05) is 24.4 Å². The molecule has 2 aliphatic rings. The van der Waals surface area contributed by atoms with Crippen LogP contribution in [0.15, 0.2) is 71.0 Å². The van der Waals surface area contributed by atoms with Gasteiger partial charge in [-0.05, 0) is 56.2 Å². The van der Waals surface area contributed by atoms with Crippen molar-refractivity contribution in [3.05, 3.63) is 106 Å². The number of ketones is 1. The second-order valence-corrected chi connectivity index (χ2v) is 9.97. The van der Waals surface area contributed by atoms with Crippen LogP contribution in [-0.2, 0) is 24.9 Å². The molecule has 0 bridgehead atoms. The first-order valence-corrected chi connectivity index (χ1v) is 12.7. The van der Waals surface area contributed by atoms with Crippen LogP contribution >= 0.6 is 0 Å². The fourth-order valence-electron chi connectivity index (χ4n) is 5.41. The molecule has 1 saturated carbocycles. The van der Waals surface area contributed by atoms with Crippen LogP contribution in [0.3, 0.4) is 0 Å². The van der Waals surface area contributed by atoms with Crippen molar-refractivity contribution in [1.29, 1.82) is 0 Å². The normalized spacial score (nSPS) is 20.3. The van der Waals surface area contributed by atoms with Gasteiger partial charge >= 0.3 is 0 Å². The molecule has 0 saturated heterocycles. The zero-order valence-corrected chi connectivity index (χ0v) is 24.0. The van der Waals surface area contributed by atoms with Gasteiger partial charge in [-0.3, -0.25) is 4.79 Å². The summed E-state index contributed by atoms with van der Waals surface area (Å²) in [5.41, 5.74) is 7.35. The quantitative estimate of drug-likeness (QED) is 0.133. The minimum absolute atomic E-state index is 0. The van der Waals surface area contributed by atoms with Crippen LogP contribution in [0.2, 0.25) is 0 Å². The molecule has 3 unspecified atom stereocenters. The zero-order chi connectivity index (χ0) is 26.1. The van der Waals surface area contributed by atoms with Crippen molar-refractivity contribution in [1.82, 2.24) is 0 Å².